The molecule has 1 aliphatic carbocycles. The summed E-state index contributed by atoms with van der Waals surface area (Å²) in [6.07, 6.45) is 4.80. The largest absolute Gasteiger partial charge is 0.369 e. The van der Waals surface area contributed by atoms with Crippen molar-refractivity contribution in [1.82, 2.24) is 15.0 Å². The third-order valence-electron chi connectivity index (χ3n) is 3.35. The first-order valence-electron chi connectivity index (χ1n) is 6.75. The van der Waals surface area contributed by atoms with Gasteiger partial charge < -0.3 is 5.73 Å². The average Bonchev–Trinajstić information content (AvgIpc) is 3.00. The van der Waals surface area contributed by atoms with E-state index in [1.54, 1.807) is 0 Å². The van der Waals surface area contributed by atoms with Crippen molar-refractivity contribution in [3.63, 3.8) is 0 Å². The Bertz CT molecular complexity index is 421. The summed E-state index contributed by atoms with van der Waals surface area (Å²) in [7, 11) is 0. The summed E-state index contributed by atoms with van der Waals surface area (Å²) in [5.74, 6) is 1.06. The van der Waals surface area contributed by atoms with Crippen LogP contribution in [0.15, 0.2) is 0 Å². The van der Waals surface area contributed by atoms with Crippen molar-refractivity contribution in [3.05, 3.63) is 11.4 Å². The van der Waals surface area contributed by atoms with Gasteiger partial charge in [-0.15, -0.1) is 5.10 Å². The number of hydrogen-bond donors (Lipinski definition) is 1. The number of aromatic nitrogens is 3. The fraction of sp³-hybridized carbons (Fsp3) is 0.769. The number of amides is 1. The second kappa shape index (κ2) is 5.50. The molecule has 1 fully saturated rings. The average molecular weight is 250 g/mol. The van der Waals surface area contributed by atoms with Crippen LogP contribution in [-0.4, -0.2) is 20.9 Å². The number of nitrogens with zero attached hydrogens (tertiary/aromatic N) is 3. The molecule has 1 saturated carbocycles. The van der Waals surface area contributed by atoms with E-state index in [1.165, 1.54) is 12.8 Å². The van der Waals surface area contributed by atoms with Crippen LogP contribution in [0.5, 0.6) is 0 Å². The Balaban J connectivity index is 2.11. The van der Waals surface area contributed by atoms with E-state index >= 15 is 0 Å². The molecule has 18 heavy (non-hydrogen) atoms. The van der Waals surface area contributed by atoms with E-state index in [1.807, 2.05) is 4.68 Å². The number of rotatable bonds is 7. The van der Waals surface area contributed by atoms with Gasteiger partial charge in [0, 0.05) is 6.54 Å². The first-order valence-corrected chi connectivity index (χ1v) is 6.75. The summed E-state index contributed by atoms with van der Waals surface area (Å²) >= 11 is 0. The highest BCUT2D eigenvalue weighted by molar-refractivity contribution is 5.76. The Morgan fingerprint density at radius 3 is 2.78 bits per heavy atom. The third-order valence-corrected chi connectivity index (χ3v) is 3.35. The lowest BCUT2D eigenvalue weighted by atomic mass is 10.0. The maximum Gasteiger partial charge on any atom is 0.223 e. The number of nitrogens with two attached hydrogens (primary N) is 1. The van der Waals surface area contributed by atoms with E-state index in [0.717, 1.165) is 36.7 Å². The molecule has 5 heteroatoms. The van der Waals surface area contributed by atoms with Crippen molar-refractivity contribution < 1.29 is 4.79 Å². The molecule has 0 spiro atoms. The van der Waals surface area contributed by atoms with Gasteiger partial charge in [0.05, 0.1) is 17.8 Å². The van der Waals surface area contributed by atoms with Gasteiger partial charge in [0.25, 0.3) is 0 Å². The summed E-state index contributed by atoms with van der Waals surface area (Å²) in [5, 5.41) is 8.31. The van der Waals surface area contributed by atoms with Crippen molar-refractivity contribution >= 4 is 5.91 Å². The van der Waals surface area contributed by atoms with Gasteiger partial charge >= 0.3 is 0 Å². The maximum absolute atomic E-state index is 11.0. The van der Waals surface area contributed by atoms with Crippen LogP contribution in [0.1, 0.15) is 44.5 Å². The zero-order valence-electron chi connectivity index (χ0n) is 11.2. The highest BCUT2D eigenvalue weighted by Gasteiger charge is 2.24. The Morgan fingerprint density at radius 1 is 1.50 bits per heavy atom. The molecule has 0 saturated heterocycles. The van der Waals surface area contributed by atoms with Crippen LogP contribution >= 0.6 is 0 Å². The van der Waals surface area contributed by atoms with Crippen LogP contribution in [-0.2, 0) is 24.2 Å². The molecule has 0 bridgehead atoms. The van der Waals surface area contributed by atoms with Gasteiger partial charge in [0.2, 0.25) is 5.91 Å². The zero-order chi connectivity index (χ0) is 13.1. The standard InChI is InChI=1S/C13H22N4O/c1-9(2)3-6-12-11(7-13(14)18)15-16-17(12)8-10-4-5-10/h9-10H,3-8H2,1-2H3,(H2,14,18). The summed E-state index contributed by atoms with van der Waals surface area (Å²) < 4.78 is 1.98. The minimum atomic E-state index is -0.334. The predicted molar refractivity (Wildman–Crippen MR) is 68.8 cm³/mol. The monoisotopic (exact) mass is 250 g/mol. The fourth-order valence-electron chi connectivity index (χ4n) is 2.06. The highest BCUT2D eigenvalue weighted by atomic mass is 16.1. The molecule has 0 atom stereocenters. The maximum atomic E-state index is 11.0. The van der Waals surface area contributed by atoms with Crippen molar-refractivity contribution in [3.8, 4) is 0 Å². The van der Waals surface area contributed by atoms with Crippen LogP contribution in [0.3, 0.4) is 0 Å². The topological polar surface area (TPSA) is 73.8 Å². The third kappa shape index (κ3) is 3.55. The second-order valence-corrected chi connectivity index (χ2v) is 5.68. The van der Waals surface area contributed by atoms with Crippen LogP contribution in [0.2, 0.25) is 0 Å². The summed E-state index contributed by atoms with van der Waals surface area (Å²) in [6.45, 7) is 5.34. The molecule has 1 aliphatic rings. The molecule has 5 nitrogen and oxygen atoms in total. The van der Waals surface area contributed by atoms with Crippen molar-refractivity contribution in [1.29, 1.82) is 0 Å². The number of hydrogen-bond acceptors (Lipinski definition) is 3. The van der Waals surface area contributed by atoms with Crippen molar-refractivity contribution in [2.45, 2.75) is 52.5 Å². The molecule has 100 valence electrons. The van der Waals surface area contributed by atoms with E-state index in [4.69, 9.17) is 5.73 Å². The van der Waals surface area contributed by atoms with Crippen LogP contribution < -0.4 is 5.73 Å². The molecule has 0 radical (unpaired) electrons. The Hall–Kier alpha value is -1.39. The molecule has 1 heterocycles. The van der Waals surface area contributed by atoms with Gasteiger partial charge in [0.15, 0.2) is 0 Å². The van der Waals surface area contributed by atoms with E-state index in [-0.39, 0.29) is 12.3 Å². The predicted octanol–water partition coefficient (Wildman–Crippen LogP) is 1.30. The summed E-state index contributed by atoms with van der Waals surface area (Å²) in [5.41, 5.74) is 7.13. The number of primary amides is 1. The zero-order valence-corrected chi connectivity index (χ0v) is 11.2. The van der Waals surface area contributed by atoms with E-state index < -0.39 is 0 Å². The van der Waals surface area contributed by atoms with Crippen LogP contribution in [0, 0.1) is 11.8 Å². The van der Waals surface area contributed by atoms with Crippen molar-refractivity contribution in [2.75, 3.05) is 0 Å². The van der Waals surface area contributed by atoms with E-state index in [9.17, 15) is 4.79 Å². The smallest absolute Gasteiger partial charge is 0.223 e. The van der Waals surface area contributed by atoms with Gasteiger partial charge in [-0.25, -0.2) is 4.68 Å². The molecule has 1 aromatic heterocycles. The molecule has 0 aliphatic heterocycles. The lowest BCUT2D eigenvalue weighted by Gasteiger charge is -2.08. The lowest BCUT2D eigenvalue weighted by Crippen LogP contribution is -2.16. The lowest BCUT2D eigenvalue weighted by molar-refractivity contribution is -0.117. The van der Waals surface area contributed by atoms with Gasteiger partial charge in [0.1, 0.15) is 0 Å². The fourth-order valence-corrected chi connectivity index (χ4v) is 2.06. The summed E-state index contributed by atoms with van der Waals surface area (Å²) in [4.78, 5) is 11.0. The van der Waals surface area contributed by atoms with Crippen molar-refractivity contribution in [2.24, 2.45) is 17.6 Å². The number of carbonyl (C=O) groups excluding carboxylic acids is 1. The van der Waals surface area contributed by atoms with Gasteiger partial charge in [-0.05, 0) is 37.5 Å². The molecule has 0 unspecified atom stereocenters. The Morgan fingerprint density at radius 2 is 2.22 bits per heavy atom. The van der Waals surface area contributed by atoms with E-state index in [2.05, 4.69) is 24.2 Å². The molecular weight excluding hydrogens is 228 g/mol. The Labute approximate surface area is 108 Å². The molecule has 1 aromatic rings. The first kappa shape index (κ1) is 13.1. The van der Waals surface area contributed by atoms with Crippen LogP contribution in [0.25, 0.3) is 0 Å². The molecule has 1 amide bonds. The molecule has 0 aromatic carbocycles. The highest BCUT2D eigenvalue weighted by Crippen LogP contribution is 2.31. The van der Waals surface area contributed by atoms with Gasteiger partial charge in [-0.2, -0.15) is 0 Å². The van der Waals surface area contributed by atoms with E-state index in [0.29, 0.717) is 5.92 Å². The Kier molecular flexibility index (Phi) is 3.99. The molecule has 2 rings (SSSR count). The van der Waals surface area contributed by atoms with Gasteiger partial charge in [-0.3, -0.25) is 4.79 Å². The quantitative estimate of drug-likeness (QED) is 0.792. The summed E-state index contributed by atoms with van der Waals surface area (Å²) in [6, 6.07) is 0. The minimum Gasteiger partial charge on any atom is -0.369 e. The molecular formula is C13H22N4O. The normalized spacial score (nSPS) is 15.3. The first-order chi connectivity index (χ1) is 8.56. The van der Waals surface area contributed by atoms with Gasteiger partial charge in [-0.1, -0.05) is 19.1 Å². The SMILES string of the molecule is CC(C)CCc1c(CC(N)=O)nnn1CC1CC1. The van der Waals surface area contributed by atoms with Crippen LogP contribution in [0.4, 0.5) is 0 Å². The second-order valence-electron chi connectivity index (χ2n) is 5.68. The number of carbonyl (C=O) groups is 1. The minimum absolute atomic E-state index is 0.206. The molecule has 2 N–H and O–H groups in total.